The highest BCUT2D eigenvalue weighted by Gasteiger charge is 2.22. The Morgan fingerprint density at radius 2 is 2.18 bits per heavy atom. The molecule has 0 aliphatic rings. The molecule has 1 heterocycles. The van der Waals surface area contributed by atoms with Crippen molar-refractivity contribution in [3.05, 3.63) is 22.4 Å². The van der Waals surface area contributed by atoms with Crippen molar-refractivity contribution in [1.29, 1.82) is 0 Å². The molecule has 1 atom stereocenters. The summed E-state index contributed by atoms with van der Waals surface area (Å²) in [5.74, 6) is 0. The molecule has 1 rings (SSSR count). The van der Waals surface area contributed by atoms with E-state index >= 15 is 0 Å². The molecule has 0 spiro atoms. The first-order valence-corrected chi connectivity index (χ1v) is 6.49. The highest BCUT2D eigenvalue weighted by Crippen LogP contribution is 2.17. The van der Waals surface area contributed by atoms with Crippen LogP contribution in [0.4, 0.5) is 4.79 Å². The summed E-state index contributed by atoms with van der Waals surface area (Å²) in [6.07, 6.45) is -0.546. The Kier molecular flexibility index (Phi) is 4.96. The Labute approximate surface area is 106 Å². The van der Waals surface area contributed by atoms with Gasteiger partial charge in [-0.15, -0.1) is 11.3 Å². The number of hydrogen-bond donors (Lipinski definition) is 3. The minimum Gasteiger partial charge on any atom is -0.391 e. The zero-order valence-electron chi connectivity index (χ0n) is 10.5. The molecule has 96 valence electrons. The van der Waals surface area contributed by atoms with Crippen LogP contribution < -0.4 is 10.6 Å². The van der Waals surface area contributed by atoms with Gasteiger partial charge >= 0.3 is 6.03 Å². The van der Waals surface area contributed by atoms with E-state index in [-0.39, 0.29) is 18.0 Å². The Hall–Kier alpha value is -1.07. The lowest BCUT2D eigenvalue weighted by Crippen LogP contribution is -2.43. The third kappa shape index (κ3) is 5.19. The third-order valence-corrected chi connectivity index (χ3v) is 3.34. The average molecular weight is 256 g/mol. The molecule has 1 aromatic heterocycles. The number of carbonyl (C=O) groups excluding carboxylic acids is 1. The van der Waals surface area contributed by atoms with Crippen molar-refractivity contribution in [2.45, 2.75) is 33.4 Å². The van der Waals surface area contributed by atoms with Crippen molar-refractivity contribution >= 4 is 17.4 Å². The Balaban J connectivity index is 2.22. The number of aliphatic hydroxyl groups excluding tert-OH is 1. The van der Waals surface area contributed by atoms with Crippen molar-refractivity contribution < 1.29 is 9.90 Å². The molecule has 2 amide bonds. The van der Waals surface area contributed by atoms with E-state index in [0.29, 0.717) is 6.54 Å². The maximum Gasteiger partial charge on any atom is 0.315 e. The van der Waals surface area contributed by atoms with E-state index in [0.717, 1.165) is 4.88 Å². The topological polar surface area (TPSA) is 61.4 Å². The lowest BCUT2D eigenvalue weighted by Gasteiger charge is -2.25. The van der Waals surface area contributed by atoms with Gasteiger partial charge in [0.25, 0.3) is 0 Å². The van der Waals surface area contributed by atoms with Crippen LogP contribution in [0.15, 0.2) is 17.5 Å². The number of thiophene rings is 1. The quantitative estimate of drug-likeness (QED) is 0.771. The Morgan fingerprint density at radius 3 is 2.71 bits per heavy atom. The predicted molar refractivity (Wildman–Crippen MR) is 70.0 cm³/mol. The number of hydrogen-bond acceptors (Lipinski definition) is 3. The molecular weight excluding hydrogens is 236 g/mol. The molecule has 0 saturated heterocycles. The minimum absolute atomic E-state index is 0.221. The standard InChI is InChI=1S/C12H20N2O2S/c1-12(2,3)10(15)8-14-11(16)13-7-9-5-4-6-17-9/h4-6,10,15H,7-8H2,1-3H3,(H2,13,14,16). The van der Waals surface area contributed by atoms with Gasteiger partial charge in [0.1, 0.15) is 0 Å². The summed E-state index contributed by atoms with van der Waals surface area (Å²) in [6.45, 7) is 6.59. The highest BCUT2D eigenvalue weighted by molar-refractivity contribution is 7.09. The predicted octanol–water partition coefficient (Wildman–Crippen LogP) is 1.95. The summed E-state index contributed by atoms with van der Waals surface area (Å²) >= 11 is 1.60. The third-order valence-electron chi connectivity index (χ3n) is 2.46. The van der Waals surface area contributed by atoms with Crippen LogP contribution >= 0.6 is 11.3 Å². The first-order valence-electron chi connectivity index (χ1n) is 5.62. The van der Waals surface area contributed by atoms with Gasteiger partial charge in [-0.05, 0) is 16.9 Å². The Morgan fingerprint density at radius 1 is 1.47 bits per heavy atom. The van der Waals surface area contributed by atoms with E-state index in [1.165, 1.54) is 0 Å². The molecule has 1 aromatic rings. The summed E-state index contributed by atoms with van der Waals surface area (Å²) in [7, 11) is 0. The second-order valence-electron chi connectivity index (χ2n) is 5.02. The van der Waals surface area contributed by atoms with Gasteiger partial charge in [-0.1, -0.05) is 26.8 Å². The summed E-state index contributed by atoms with van der Waals surface area (Å²) in [5, 5.41) is 17.1. The smallest absolute Gasteiger partial charge is 0.315 e. The molecule has 0 radical (unpaired) electrons. The van der Waals surface area contributed by atoms with E-state index in [1.54, 1.807) is 11.3 Å². The number of urea groups is 1. The van der Waals surface area contributed by atoms with Crippen molar-refractivity contribution in [3.8, 4) is 0 Å². The van der Waals surface area contributed by atoms with Crippen molar-refractivity contribution in [2.75, 3.05) is 6.54 Å². The number of nitrogens with one attached hydrogen (secondary N) is 2. The summed E-state index contributed by atoms with van der Waals surface area (Å²) < 4.78 is 0. The summed E-state index contributed by atoms with van der Waals surface area (Å²) in [5.41, 5.74) is -0.221. The molecule has 0 aromatic carbocycles. The molecule has 4 nitrogen and oxygen atoms in total. The molecule has 0 bridgehead atoms. The van der Waals surface area contributed by atoms with Crippen LogP contribution in [0.5, 0.6) is 0 Å². The van der Waals surface area contributed by atoms with Gasteiger partial charge in [0.15, 0.2) is 0 Å². The van der Waals surface area contributed by atoms with E-state index in [1.807, 2.05) is 38.3 Å². The summed E-state index contributed by atoms with van der Waals surface area (Å²) in [4.78, 5) is 12.5. The van der Waals surface area contributed by atoms with Crippen LogP contribution in [0, 0.1) is 5.41 Å². The number of amides is 2. The fraction of sp³-hybridized carbons (Fsp3) is 0.583. The second kappa shape index (κ2) is 6.02. The maximum absolute atomic E-state index is 11.4. The number of aliphatic hydroxyl groups is 1. The normalized spacial score (nSPS) is 13.2. The van der Waals surface area contributed by atoms with Crippen molar-refractivity contribution in [1.82, 2.24) is 10.6 Å². The summed E-state index contributed by atoms with van der Waals surface area (Å²) in [6, 6.07) is 3.67. The number of rotatable bonds is 4. The van der Waals surface area contributed by atoms with E-state index in [4.69, 9.17) is 0 Å². The van der Waals surface area contributed by atoms with Crippen molar-refractivity contribution in [3.63, 3.8) is 0 Å². The van der Waals surface area contributed by atoms with Crippen LogP contribution in [-0.4, -0.2) is 23.8 Å². The zero-order chi connectivity index (χ0) is 12.9. The van der Waals surface area contributed by atoms with Crippen molar-refractivity contribution in [2.24, 2.45) is 5.41 Å². The van der Waals surface area contributed by atoms with Gasteiger partial charge in [-0.3, -0.25) is 0 Å². The van der Waals surface area contributed by atoms with Crippen LogP contribution in [0.25, 0.3) is 0 Å². The number of carbonyl (C=O) groups is 1. The maximum atomic E-state index is 11.4. The first-order chi connectivity index (χ1) is 7.89. The molecular formula is C12H20N2O2S. The molecule has 3 N–H and O–H groups in total. The van der Waals surface area contributed by atoms with Gasteiger partial charge in [0, 0.05) is 11.4 Å². The second-order valence-corrected chi connectivity index (χ2v) is 6.06. The lowest BCUT2D eigenvalue weighted by atomic mass is 9.89. The van der Waals surface area contributed by atoms with Gasteiger partial charge in [0.05, 0.1) is 12.6 Å². The average Bonchev–Trinajstić information content (AvgIpc) is 2.74. The SMILES string of the molecule is CC(C)(C)C(O)CNC(=O)NCc1cccs1. The van der Waals surface area contributed by atoms with Gasteiger partial charge < -0.3 is 15.7 Å². The molecule has 0 aliphatic carbocycles. The molecule has 0 fully saturated rings. The molecule has 0 saturated carbocycles. The lowest BCUT2D eigenvalue weighted by molar-refractivity contribution is 0.0650. The van der Waals surface area contributed by atoms with E-state index < -0.39 is 6.10 Å². The van der Waals surface area contributed by atoms with Crippen LogP contribution in [0.1, 0.15) is 25.6 Å². The Bertz CT molecular complexity index is 344. The van der Waals surface area contributed by atoms with Gasteiger partial charge in [0.2, 0.25) is 0 Å². The van der Waals surface area contributed by atoms with Crippen LogP contribution in [-0.2, 0) is 6.54 Å². The molecule has 5 heteroatoms. The first kappa shape index (κ1) is 14.0. The van der Waals surface area contributed by atoms with Crippen LogP contribution in [0.3, 0.4) is 0 Å². The van der Waals surface area contributed by atoms with Gasteiger partial charge in [-0.2, -0.15) is 0 Å². The van der Waals surface area contributed by atoms with Crippen LogP contribution in [0.2, 0.25) is 0 Å². The minimum atomic E-state index is -0.546. The largest absolute Gasteiger partial charge is 0.391 e. The van der Waals surface area contributed by atoms with E-state index in [2.05, 4.69) is 10.6 Å². The van der Waals surface area contributed by atoms with E-state index in [9.17, 15) is 9.90 Å². The monoisotopic (exact) mass is 256 g/mol. The fourth-order valence-corrected chi connectivity index (χ4v) is 1.78. The molecule has 1 unspecified atom stereocenters. The fourth-order valence-electron chi connectivity index (χ4n) is 1.14. The van der Waals surface area contributed by atoms with Gasteiger partial charge in [-0.25, -0.2) is 4.79 Å². The highest BCUT2D eigenvalue weighted by atomic mass is 32.1. The molecule has 0 aliphatic heterocycles. The molecule has 17 heavy (non-hydrogen) atoms. The zero-order valence-corrected chi connectivity index (χ0v) is 11.3.